The molecule has 0 aromatic heterocycles. The Hall–Kier alpha value is -2.37. The summed E-state index contributed by atoms with van der Waals surface area (Å²) in [5.74, 6) is -0.523. The van der Waals surface area contributed by atoms with Crippen molar-refractivity contribution in [1.82, 2.24) is 0 Å². The lowest BCUT2D eigenvalue weighted by Crippen LogP contribution is -2.11. The molecular weight excluding hydrogens is 281 g/mol. The van der Waals surface area contributed by atoms with Crippen molar-refractivity contribution in [2.75, 3.05) is 5.32 Å². The van der Waals surface area contributed by atoms with Crippen molar-refractivity contribution >= 4 is 17.2 Å². The van der Waals surface area contributed by atoms with Crippen molar-refractivity contribution in [3.8, 4) is 0 Å². The molecule has 0 fully saturated rings. The maximum absolute atomic E-state index is 12.5. The van der Waals surface area contributed by atoms with Gasteiger partial charge >= 0.3 is 6.18 Å². The molecule has 0 amide bonds. The van der Waals surface area contributed by atoms with Crippen molar-refractivity contribution in [3.63, 3.8) is 0 Å². The number of alkyl halides is 3. The van der Waals surface area contributed by atoms with Crippen LogP contribution in [0.5, 0.6) is 0 Å². The molecule has 0 heterocycles. The minimum atomic E-state index is -4.41. The topological polar surface area (TPSA) is 53.0 Å². The first kappa shape index (κ1) is 16.7. The number of nitrogens with one attached hydrogen (secondary N) is 2. The highest BCUT2D eigenvalue weighted by Crippen LogP contribution is 2.30. The molecule has 1 rings (SSSR count). The number of hydrogen-bond donors (Lipinski definition) is 2. The van der Waals surface area contributed by atoms with E-state index >= 15 is 0 Å². The number of carbonyl (C=O) groups excluding carboxylic acids is 1. The number of allylic oxidation sites excluding steroid dienone is 3. The maximum Gasteiger partial charge on any atom is 0.416 e. The summed E-state index contributed by atoms with van der Waals surface area (Å²) in [5.41, 5.74) is -0.184. The number of ketones is 1. The number of anilines is 1. The molecule has 0 bridgehead atoms. The molecule has 0 unspecified atom stereocenters. The molecule has 0 aliphatic rings. The van der Waals surface area contributed by atoms with E-state index in [9.17, 15) is 18.0 Å². The van der Waals surface area contributed by atoms with E-state index < -0.39 is 17.5 Å². The van der Waals surface area contributed by atoms with Gasteiger partial charge in [-0.15, -0.1) is 0 Å². The van der Waals surface area contributed by atoms with Crippen LogP contribution in [-0.2, 0) is 11.0 Å². The zero-order valence-electron chi connectivity index (χ0n) is 11.6. The second kappa shape index (κ2) is 6.88. The first-order valence-electron chi connectivity index (χ1n) is 6.12. The van der Waals surface area contributed by atoms with Crippen molar-refractivity contribution < 1.29 is 18.0 Å². The number of halogens is 3. The lowest BCUT2D eigenvalue weighted by molar-refractivity contribution is -0.137. The van der Waals surface area contributed by atoms with Crippen molar-refractivity contribution in [1.29, 1.82) is 5.41 Å². The maximum atomic E-state index is 12.5. The van der Waals surface area contributed by atoms with E-state index in [1.54, 1.807) is 19.9 Å². The van der Waals surface area contributed by atoms with Gasteiger partial charge in [0.05, 0.1) is 5.56 Å². The third-order valence-electron chi connectivity index (χ3n) is 2.75. The van der Waals surface area contributed by atoms with Gasteiger partial charge < -0.3 is 5.32 Å². The summed E-state index contributed by atoms with van der Waals surface area (Å²) in [7, 11) is 0. The van der Waals surface area contributed by atoms with E-state index in [0.29, 0.717) is 5.57 Å². The Balaban J connectivity index is 2.74. The van der Waals surface area contributed by atoms with Gasteiger partial charge in [-0.1, -0.05) is 12.1 Å². The molecule has 112 valence electrons. The van der Waals surface area contributed by atoms with E-state index in [1.165, 1.54) is 18.3 Å². The number of rotatable bonds is 5. The number of benzene rings is 1. The monoisotopic (exact) mass is 296 g/mol. The first-order chi connectivity index (χ1) is 9.75. The zero-order valence-corrected chi connectivity index (χ0v) is 11.6. The van der Waals surface area contributed by atoms with Gasteiger partial charge in [0.15, 0.2) is 0 Å². The minimum absolute atomic E-state index is 0.153. The second-order valence-corrected chi connectivity index (χ2v) is 4.27. The third kappa shape index (κ3) is 4.91. The van der Waals surface area contributed by atoms with E-state index in [1.807, 2.05) is 0 Å². The Morgan fingerprint density at radius 3 is 2.57 bits per heavy atom. The summed E-state index contributed by atoms with van der Waals surface area (Å²) in [4.78, 5) is 11.6. The minimum Gasteiger partial charge on any atom is -0.362 e. The zero-order chi connectivity index (χ0) is 16.0. The van der Waals surface area contributed by atoms with Crippen molar-refractivity contribution in [2.45, 2.75) is 20.0 Å². The lowest BCUT2D eigenvalue weighted by atomic mass is 10.1. The average Bonchev–Trinajstić information content (AvgIpc) is 2.45. The molecule has 21 heavy (non-hydrogen) atoms. The molecular formula is C15H15F3N2O. The van der Waals surface area contributed by atoms with E-state index in [-0.39, 0.29) is 11.4 Å². The highest BCUT2D eigenvalue weighted by atomic mass is 19.4. The molecule has 2 N–H and O–H groups in total. The molecule has 0 spiro atoms. The van der Waals surface area contributed by atoms with E-state index in [2.05, 4.69) is 5.32 Å². The van der Waals surface area contributed by atoms with Crippen LogP contribution < -0.4 is 5.32 Å². The standard InChI is InChI=1S/C15H15F3N2O/c1-3-10(2)14(19)13(21)7-8-20-12-6-4-5-11(9-12)15(16,17)18/h3-9,19-20H,1-2H3/b8-7-,10-3+,19-14?. The number of hydrogen-bond acceptors (Lipinski definition) is 3. The first-order valence-corrected chi connectivity index (χ1v) is 6.12. The van der Waals surface area contributed by atoms with Crippen molar-refractivity contribution in [3.05, 3.63) is 53.8 Å². The van der Waals surface area contributed by atoms with Crippen LogP contribution in [0.1, 0.15) is 19.4 Å². The van der Waals surface area contributed by atoms with Crippen LogP contribution in [0.3, 0.4) is 0 Å². The molecule has 6 heteroatoms. The SMILES string of the molecule is C/C=C(\C)C(=N)C(=O)/C=C\Nc1cccc(C(F)(F)F)c1. The predicted octanol–water partition coefficient (Wildman–Crippen LogP) is 4.19. The average molecular weight is 296 g/mol. The summed E-state index contributed by atoms with van der Waals surface area (Å²) in [6.45, 7) is 3.34. The summed E-state index contributed by atoms with van der Waals surface area (Å²) < 4.78 is 37.6. The van der Waals surface area contributed by atoms with Gasteiger partial charge in [0.25, 0.3) is 0 Å². The van der Waals surface area contributed by atoms with Gasteiger partial charge in [-0.05, 0) is 37.6 Å². The quantitative estimate of drug-likeness (QED) is 0.632. The molecule has 1 aromatic carbocycles. The normalized spacial score (nSPS) is 12.5. The van der Waals surface area contributed by atoms with Crippen LogP contribution in [0, 0.1) is 5.41 Å². The molecule has 1 aromatic rings. The Bertz CT molecular complexity index is 601. The van der Waals surface area contributed by atoms with E-state index in [4.69, 9.17) is 5.41 Å². The largest absolute Gasteiger partial charge is 0.416 e. The number of carbonyl (C=O) groups is 1. The summed E-state index contributed by atoms with van der Waals surface area (Å²) >= 11 is 0. The fraction of sp³-hybridized carbons (Fsp3) is 0.200. The lowest BCUT2D eigenvalue weighted by Gasteiger charge is -2.08. The third-order valence-corrected chi connectivity index (χ3v) is 2.75. The Morgan fingerprint density at radius 1 is 1.33 bits per heavy atom. The Morgan fingerprint density at radius 2 is 2.00 bits per heavy atom. The van der Waals surface area contributed by atoms with Gasteiger partial charge in [-0.3, -0.25) is 10.2 Å². The van der Waals surface area contributed by atoms with Gasteiger partial charge in [0.1, 0.15) is 5.71 Å². The smallest absolute Gasteiger partial charge is 0.362 e. The molecule has 0 aliphatic carbocycles. The molecule has 0 aliphatic heterocycles. The molecule has 0 saturated carbocycles. The van der Waals surface area contributed by atoms with Gasteiger partial charge in [0.2, 0.25) is 5.78 Å². The van der Waals surface area contributed by atoms with Gasteiger partial charge in [0, 0.05) is 18.0 Å². The Kier molecular flexibility index (Phi) is 5.46. The Labute approximate surface area is 120 Å². The molecule has 3 nitrogen and oxygen atoms in total. The van der Waals surface area contributed by atoms with Gasteiger partial charge in [-0.2, -0.15) is 13.2 Å². The molecule has 0 saturated heterocycles. The van der Waals surface area contributed by atoms with Crippen LogP contribution in [0.15, 0.2) is 48.2 Å². The molecule has 0 radical (unpaired) electrons. The summed E-state index contributed by atoms with van der Waals surface area (Å²) in [6, 6.07) is 4.63. The van der Waals surface area contributed by atoms with Crippen LogP contribution >= 0.6 is 0 Å². The van der Waals surface area contributed by atoms with Gasteiger partial charge in [-0.25, -0.2) is 0 Å². The predicted molar refractivity (Wildman–Crippen MR) is 76.4 cm³/mol. The van der Waals surface area contributed by atoms with Crippen LogP contribution in [0.2, 0.25) is 0 Å². The summed E-state index contributed by atoms with van der Waals surface area (Å²) in [5, 5.41) is 10.1. The molecule has 0 atom stereocenters. The second-order valence-electron chi connectivity index (χ2n) is 4.27. The van der Waals surface area contributed by atoms with Crippen molar-refractivity contribution in [2.24, 2.45) is 0 Å². The van der Waals surface area contributed by atoms with E-state index in [0.717, 1.165) is 18.2 Å². The van der Waals surface area contributed by atoms with Crippen LogP contribution in [0.25, 0.3) is 0 Å². The van der Waals surface area contributed by atoms with Crippen LogP contribution in [0.4, 0.5) is 18.9 Å². The fourth-order valence-electron chi connectivity index (χ4n) is 1.42. The highest BCUT2D eigenvalue weighted by Gasteiger charge is 2.30. The summed E-state index contributed by atoms with van der Waals surface area (Å²) in [6.07, 6.45) is -0.457. The highest BCUT2D eigenvalue weighted by molar-refractivity contribution is 6.48. The van der Waals surface area contributed by atoms with Crippen LogP contribution in [-0.4, -0.2) is 11.5 Å². The fourth-order valence-corrected chi connectivity index (χ4v) is 1.42.